The molecular weight excluding hydrogens is 1950 g/mol. The van der Waals surface area contributed by atoms with E-state index in [1.54, 1.807) is 0 Å². The zero-order valence-electron chi connectivity index (χ0n) is 87.0. The molecule has 728 valence electrons. The lowest BCUT2D eigenvalue weighted by Gasteiger charge is -2.34. The van der Waals surface area contributed by atoms with E-state index in [9.17, 15) is 0 Å². The lowest BCUT2D eigenvalue weighted by atomic mass is 9.82. The van der Waals surface area contributed by atoms with Crippen molar-refractivity contribution in [1.29, 1.82) is 0 Å². The fourth-order valence-electron chi connectivity index (χ4n) is 24.2. The maximum atomic E-state index is 16.5. The molecule has 25 rings (SSSR count). The molecular formula is C136H112Br2N2O8. The Kier molecular flexibility index (Phi) is 21.1. The highest BCUT2D eigenvalue weighted by Crippen LogP contribution is 2.62. The SMILES string of the molecule is C=C(Br)c1cc(C(C)C)c(N2C(=O)c3cc(Oc4ccc(C(C)(C)C)cc4)c4c5ccc6c7c(ccc(c8c(Oc9ccc(C(C)(C)C)cc9)cc(c3c48)C2=O)c75)-c2cc3cc4c(cc3cc2-6)C=Cc2cc3cc5c(cc3cc2C=C4)-c2ccc3c4c(Oc6ccc(C(C)(C)C)cc6)cc6c7c(cc(Oc8ccc(C(C)(C)C)cc8)c(c8ccc-5c2c83)c74)C(=O)N(c2c(C(C)C)cc(C(=C)Br)cc2C(C)C)C6=O)c(C(C)C)c1. The number of fused-ring (bicyclic) bond motifs is 14. The zero-order chi connectivity index (χ0) is 103. The molecule has 0 saturated heterocycles. The van der Waals surface area contributed by atoms with Gasteiger partial charge in [0.05, 0.1) is 33.6 Å². The standard InChI is InChI=1S/C136H112Br2N2O8/c1-67(2)99-55-77(71(9)137)56-100(68(3)4)127(99)139-129(141)107-63-111(145-87-35-27-83(28-36-87)133(11,12)13)121-95-47-43-91-103-59-79-51-73-23-25-75-53-81-61-105-93-45-49-97-118-98(50-46-94(116(93)118)106(105)62-82(81)54-76(75)26-24-74(73)52-80(79)60-104(103)92-44-48-96(117(95)115(91)92)122-112(64-108(130(139)142)119(107)125(121)122)146-88-37-29-84(30-38-88)134(14,15)16)124-114(148-90-41-33-86(34-42-90)136(20,21)22)66-110-120-109(65-113(123(97)126(120)124)147-89-39-31-85(32-40-89)135(17,18)19)131(143)140(132(110)144)128-101(69(5)6)57-78(72(10)138)58-102(128)70(7)8/h23-70H,9-10H2,1-8,11-22H3. The van der Waals surface area contributed by atoms with Crippen molar-refractivity contribution in [3.63, 3.8) is 0 Å². The minimum Gasteiger partial charge on any atom is -0.457 e. The first-order valence-electron chi connectivity index (χ1n) is 51.6. The number of ether oxygens (including phenoxy) is 4. The van der Waals surface area contributed by atoms with E-state index >= 15 is 19.2 Å². The molecule has 0 radical (unpaired) electrons. The monoisotopic (exact) mass is 2060 g/mol. The van der Waals surface area contributed by atoms with Gasteiger partial charge >= 0.3 is 0 Å². The van der Waals surface area contributed by atoms with Crippen LogP contribution in [0.4, 0.5) is 11.4 Å². The van der Waals surface area contributed by atoms with Gasteiger partial charge in [-0.05, 0) is 378 Å². The Morgan fingerprint density at radius 3 is 0.649 bits per heavy atom. The minimum absolute atomic E-state index is 0.0892. The van der Waals surface area contributed by atoms with Gasteiger partial charge in [-0.3, -0.25) is 19.2 Å². The van der Waals surface area contributed by atoms with Crippen LogP contribution < -0.4 is 28.7 Å². The Hall–Kier alpha value is -15.1. The summed E-state index contributed by atoms with van der Waals surface area (Å²) >= 11 is 7.38. The Labute approximate surface area is 879 Å². The molecule has 148 heavy (non-hydrogen) atoms. The molecule has 2 aliphatic heterocycles. The molecule has 0 fully saturated rings. The van der Waals surface area contributed by atoms with E-state index in [-0.39, 0.29) is 45.3 Å². The van der Waals surface area contributed by atoms with Crippen molar-refractivity contribution >= 4 is 208 Å². The molecule has 5 aliphatic rings. The maximum absolute atomic E-state index is 16.5. The lowest BCUT2D eigenvalue weighted by molar-refractivity contribution is 0.0877. The van der Waals surface area contributed by atoms with Crippen LogP contribution in [0.25, 0.3) is 186 Å². The van der Waals surface area contributed by atoms with Gasteiger partial charge in [-0.15, -0.1) is 0 Å². The predicted octanol–water partition coefficient (Wildman–Crippen LogP) is 39.2. The number of rotatable bonds is 16. The Morgan fingerprint density at radius 2 is 0.453 bits per heavy atom. The first-order chi connectivity index (χ1) is 70.5. The van der Waals surface area contributed by atoms with Crippen molar-refractivity contribution in [2.24, 2.45) is 0 Å². The second-order valence-corrected chi connectivity index (χ2v) is 48.7. The Bertz CT molecular complexity index is 8440. The van der Waals surface area contributed by atoms with Gasteiger partial charge in [0.1, 0.15) is 46.0 Å². The van der Waals surface area contributed by atoms with E-state index < -0.39 is 23.6 Å². The summed E-state index contributed by atoms with van der Waals surface area (Å²) in [6.45, 7) is 51.8. The molecule has 20 aromatic carbocycles. The summed E-state index contributed by atoms with van der Waals surface area (Å²) in [6, 6.07) is 85.8. The highest BCUT2D eigenvalue weighted by Gasteiger charge is 2.45. The number of imide groups is 2. The number of halogens is 2. The maximum Gasteiger partial charge on any atom is 0.266 e. The van der Waals surface area contributed by atoms with Crippen molar-refractivity contribution < 1.29 is 38.1 Å². The van der Waals surface area contributed by atoms with Crippen molar-refractivity contribution in [3.05, 3.63) is 356 Å². The number of hydrogen-bond donors (Lipinski definition) is 0. The summed E-state index contributed by atoms with van der Waals surface area (Å²) < 4.78 is 31.0. The summed E-state index contributed by atoms with van der Waals surface area (Å²) in [4.78, 5) is 68.7. The first kappa shape index (κ1) is 93.9. The van der Waals surface area contributed by atoms with Crippen LogP contribution in [0.3, 0.4) is 0 Å². The summed E-state index contributed by atoms with van der Waals surface area (Å²) in [5.41, 5.74) is 25.1. The highest BCUT2D eigenvalue weighted by molar-refractivity contribution is 9.15. The van der Waals surface area contributed by atoms with E-state index in [4.69, 9.17) is 18.9 Å². The summed E-state index contributed by atoms with van der Waals surface area (Å²) in [6.07, 6.45) is 9.10. The van der Waals surface area contributed by atoms with Crippen LogP contribution in [0.1, 0.15) is 281 Å². The third-order valence-electron chi connectivity index (χ3n) is 31.9. The van der Waals surface area contributed by atoms with Crippen molar-refractivity contribution in [2.75, 3.05) is 9.80 Å². The molecule has 12 heteroatoms. The van der Waals surface area contributed by atoms with Gasteiger partial charge < -0.3 is 18.9 Å². The largest absolute Gasteiger partial charge is 0.457 e. The number of carbonyl (C=O) groups is 4. The van der Waals surface area contributed by atoms with Crippen LogP contribution in [0.5, 0.6) is 46.0 Å². The van der Waals surface area contributed by atoms with Crippen molar-refractivity contribution in [3.8, 4) is 90.5 Å². The number of amides is 4. The van der Waals surface area contributed by atoms with Gasteiger partial charge in [-0.1, -0.05) is 305 Å². The first-order valence-corrected chi connectivity index (χ1v) is 53.2. The van der Waals surface area contributed by atoms with Gasteiger partial charge in [0.15, 0.2) is 0 Å². The number of nitrogens with zero attached hydrogens (tertiary/aromatic N) is 2. The van der Waals surface area contributed by atoms with Gasteiger partial charge in [0, 0.05) is 52.1 Å². The topological polar surface area (TPSA) is 112 Å². The third kappa shape index (κ3) is 14.5. The van der Waals surface area contributed by atoms with Crippen LogP contribution in [0.15, 0.2) is 256 Å². The van der Waals surface area contributed by atoms with Crippen molar-refractivity contribution in [2.45, 2.75) is 184 Å². The second kappa shape index (κ2) is 33.2. The average molecular weight is 2060 g/mol. The molecule has 0 spiro atoms. The summed E-state index contributed by atoms with van der Waals surface area (Å²) in [5, 5.41) is 18.0. The molecule has 0 atom stereocenters. The van der Waals surface area contributed by atoms with E-state index in [0.717, 1.165) is 209 Å². The molecule has 4 amide bonds. The zero-order valence-corrected chi connectivity index (χ0v) is 90.2. The molecule has 0 unspecified atom stereocenters. The normalized spacial score (nSPS) is 13.9. The van der Waals surface area contributed by atoms with E-state index in [1.165, 1.54) is 9.80 Å². The molecule has 2 heterocycles. The van der Waals surface area contributed by atoms with Crippen LogP contribution in [-0.2, 0) is 21.7 Å². The predicted molar refractivity (Wildman–Crippen MR) is 625 cm³/mol. The minimum atomic E-state index is -0.434. The molecule has 0 N–H and O–H groups in total. The van der Waals surface area contributed by atoms with Gasteiger partial charge in [0.25, 0.3) is 23.6 Å². The molecule has 10 nitrogen and oxygen atoms in total. The number of hydrogen-bond acceptors (Lipinski definition) is 8. The number of anilines is 2. The quantitative estimate of drug-likeness (QED) is 0.0534. The fourth-order valence-corrected chi connectivity index (χ4v) is 24.6. The summed E-state index contributed by atoms with van der Waals surface area (Å²) in [7, 11) is 0. The van der Waals surface area contributed by atoms with Gasteiger partial charge in [0.2, 0.25) is 0 Å². The van der Waals surface area contributed by atoms with Crippen LogP contribution >= 0.6 is 31.9 Å². The van der Waals surface area contributed by atoms with Crippen LogP contribution in [0.2, 0.25) is 0 Å². The molecule has 0 bridgehead atoms. The van der Waals surface area contributed by atoms with E-state index in [1.807, 2.05) is 72.8 Å². The van der Waals surface area contributed by atoms with Gasteiger partial charge in [-0.2, -0.15) is 0 Å². The van der Waals surface area contributed by atoms with Crippen LogP contribution in [-0.4, -0.2) is 23.6 Å². The van der Waals surface area contributed by atoms with Crippen LogP contribution in [0, 0.1) is 0 Å². The van der Waals surface area contributed by atoms with Crippen molar-refractivity contribution in [1.82, 2.24) is 0 Å². The fraction of sp³-hybridized carbons (Fsp3) is 0.206. The third-order valence-corrected chi connectivity index (χ3v) is 32.8. The highest BCUT2D eigenvalue weighted by atomic mass is 79.9. The second-order valence-electron chi connectivity index (χ2n) is 46.8. The Balaban J connectivity index is 0.629. The summed E-state index contributed by atoms with van der Waals surface area (Å²) in [5.74, 6) is 2.25. The van der Waals surface area contributed by atoms with E-state index in [0.29, 0.717) is 110 Å². The van der Waals surface area contributed by atoms with Gasteiger partial charge in [-0.25, -0.2) is 9.80 Å². The smallest absolute Gasteiger partial charge is 0.266 e. The average Bonchev–Trinajstić information content (AvgIpc) is 1.32. The molecule has 0 saturated carbocycles. The number of benzene rings is 20. The molecule has 3 aliphatic carbocycles. The molecule has 0 aromatic heterocycles. The Morgan fingerprint density at radius 1 is 0.243 bits per heavy atom. The molecule has 20 aromatic rings. The van der Waals surface area contributed by atoms with E-state index in [2.05, 4.69) is 378 Å². The lowest BCUT2D eigenvalue weighted by Crippen LogP contribution is -2.42. The number of carbonyl (C=O) groups excluding carboxylic acids is 4.